The van der Waals surface area contributed by atoms with Crippen LogP contribution in [0.25, 0.3) is 22.2 Å². The van der Waals surface area contributed by atoms with Crippen LogP contribution in [0.2, 0.25) is 0 Å². The van der Waals surface area contributed by atoms with Crippen molar-refractivity contribution < 1.29 is 32.2 Å². The first-order valence-electron chi connectivity index (χ1n) is 11.3. The van der Waals surface area contributed by atoms with Crippen molar-refractivity contribution in [1.82, 2.24) is 19.4 Å². The van der Waals surface area contributed by atoms with Crippen molar-refractivity contribution in [3.05, 3.63) is 67.6 Å². The van der Waals surface area contributed by atoms with Crippen LogP contribution in [0, 0.1) is 5.92 Å². The number of rotatable bonds is 9. The lowest BCUT2D eigenvalue weighted by Gasteiger charge is -2.23. The molecule has 2 heterocycles. The molecule has 0 bridgehead atoms. The molecule has 2 N–H and O–H groups in total. The number of halogens is 3. The monoisotopic (exact) mass is 538 g/mol. The Bertz CT molecular complexity index is 1520. The van der Waals surface area contributed by atoms with Crippen LogP contribution in [0.5, 0.6) is 0 Å². The SMILES string of the molecule is COC(OC)n1c(=O)[nH]c2c(=O)n(CC(=O)NC(C(=O)C(F)(F)F)C(C)C)c(-c3ccccc3)cc2c1=O. The van der Waals surface area contributed by atoms with Crippen LogP contribution >= 0.6 is 0 Å². The molecule has 1 atom stereocenters. The maximum Gasteiger partial charge on any atom is 0.452 e. The fraction of sp³-hybridized carbons (Fsp3) is 0.375. The number of carbonyl (C=O) groups is 2. The summed E-state index contributed by atoms with van der Waals surface area (Å²) in [6.07, 6.45) is -6.58. The van der Waals surface area contributed by atoms with E-state index in [4.69, 9.17) is 9.47 Å². The van der Waals surface area contributed by atoms with E-state index in [-0.39, 0.29) is 11.1 Å². The standard InChI is InChI=1S/C24H25F3N4O7/c1-12(2)17(19(33)24(25,26)27)28-16(32)11-30-15(13-8-6-5-7-9-13)10-14-18(21(30)35)29-22(36)31(20(14)34)23(37-3)38-4/h5-10,12,17,23H,11H2,1-4H3,(H,28,32)(H,29,36). The Morgan fingerprint density at radius 2 is 1.63 bits per heavy atom. The van der Waals surface area contributed by atoms with Crippen molar-refractivity contribution >= 4 is 22.6 Å². The molecule has 0 radical (unpaired) electrons. The Morgan fingerprint density at radius 3 is 2.16 bits per heavy atom. The number of ketones is 1. The first-order chi connectivity index (χ1) is 17.8. The molecule has 11 nitrogen and oxygen atoms in total. The summed E-state index contributed by atoms with van der Waals surface area (Å²) in [5.74, 6) is -4.10. The molecular weight excluding hydrogens is 513 g/mol. The van der Waals surface area contributed by atoms with Crippen LogP contribution < -0.4 is 22.1 Å². The second-order valence-corrected chi connectivity index (χ2v) is 8.61. The van der Waals surface area contributed by atoms with Gasteiger partial charge in [0.25, 0.3) is 23.3 Å². The van der Waals surface area contributed by atoms with Gasteiger partial charge in [-0.05, 0) is 17.5 Å². The van der Waals surface area contributed by atoms with Gasteiger partial charge in [0.1, 0.15) is 12.1 Å². The first-order valence-corrected chi connectivity index (χ1v) is 11.3. The first kappa shape index (κ1) is 28.5. The van der Waals surface area contributed by atoms with Crippen molar-refractivity contribution in [2.75, 3.05) is 14.2 Å². The van der Waals surface area contributed by atoms with Crippen LogP contribution in [-0.2, 0) is 25.6 Å². The van der Waals surface area contributed by atoms with Gasteiger partial charge in [-0.2, -0.15) is 13.2 Å². The molecule has 0 saturated heterocycles. The molecule has 1 amide bonds. The number of nitrogens with zero attached hydrogens (tertiary/aromatic N) is 2. The van der Waals surface area contributed by atoms with Gasteiger partial charge >= 0.3 is 11.9 Å². The van der Waals surface area contributed by atoms with Crippen molar-refractivity contribution in [2.45, 2.75) is 39.0 Å². The van der Waals surface area contributed by atoms with E-state index in [1.165, 1.54) is 34.1 Å². The zero-order chi connectivity index (χ0) is 28.4. The van der Waals surface area contributed by atoms with Gasteiger partial charge in [-0.3, -0.25) is 23.7 Å². The summed E-state index contributed by atoms with van der Waals surface area (Å²) in [7, 11) is 2.40. The summed E-state index contributed by atoms with van der Waals surface area (Å²) >= 11 is 0. The number of pyridine rings is 1. The number of methoxy groups -OCH3 is 2. The fourth-order valence-electron chi connectivity index (χ4n) is 3.90. The molecule has 1 aromatic carbocycles. The molecule has 0 fully saturated rings. The Hall–Kier alpha value is -4.04. The lowest BCUT2D eigenvalue weighted by molar-refractivity contribution is -0.174. The lowest BCUT2D eigenvalue weighted by Crippen LogP contribution is -2.51. The van der Waals surface area contributed by atoms with Gasteiger partial charge in [0.2, 0.25) is 5.91 Å². The molecule has 3 aromatic rings. The second-order valence-electron chi connectivity index (χ2n) is 8.61. The van der Waals surface area contributed by atoms with E-state index >= 15 is 0 Å². The van der Waals surface area contributed by atoms with E-state index in [9.17, 15) is 37.1 Å². The number of fused-ring (bicyclic) bond motifs is 1. The number of hydrogen-bond acceptors (Lipinski definition) is 7. The van der Waals surface area contributed by atoms with E-state index in [1.54, 1.807) is 30.3 Å². The van der Waals surface area contributed by atoms with Crippen LogP contribution in [0.4, 0.5) is 13.2 Å². The predicted octanol–water partition coefficient (Wildman–Crippen LogP) is 1.54. The summed E-state index contributed by atoms with van der Waals surface area (Å²) in [5.41, 5.74) is -2.91. The highest BCUT2D eigenvalue weighted by Crippen LogP contribution is 2.22. The maximum absolute atomic E-state index is 13.5. The summed E-state index contributed by atoms with van der Waals surface area (Å²) in [6, 6.07) is 7.47. The molecule has 0 aliphatic rings. The van der Waals surface area contributed by atoms with Gasteiger partial charge in [-0.25, -0.2) is 9.36 Å². The summed E-state index contributed by atoms with van der Waals surface area (Å²) in [6.45, 7) is 1.85. The minimum atomic E-state index is -5.18. The molecule has 1 unspecified atom stereocenters. The molecule has 0 aliphatic heterocycles. The Morgan fingerprint density at radius 1 is 1.03 bits per heavy atom. The van der Waals surface area contributed by atoms with Crippen LogP contribution in [0.1, 0.15) is 20.3 Å². The van der Waals surface area contributed by atoms with E-state index in [0.29, 0.717) is 10.1 Å². The minimum absolute atomic E-state index is 0.0589. The highest BCUT2D eigenvalue weighted by molar-refractivity contribution is 5.93. The van der Waals surface area contributed by atoms with E-state index in [1.807, 2.05) is 5.32 Å². The number of nitrogens with one attached hydrogen (secondary N) is 2. The lowest BCUT2D eigenvalue weighted by atomic mass is 9.99. The predicted molar refractivity (Wildman–Crippen MR) is 129 cm³/mol. The largest absolute Gasteiger partial charge is 0.452 e. The molecule has 2 aromatic heterocycles. The molecule has 3 rings (SSSR count). The number of ether oxygens (including phenoxy) is 2. The number of alkyl halides is 3. The Balaban J connectivity index is 2.21. The van der Waals surface area contributed by atoms with Gasteiger partial charge in [0.05, 0.1) is 17.1 Å². The molecule has 0 spiro atoms. The van der Waals surface area contributed by atoms with Crippen molar-refractivity contribution in [3.8, 4) is 11.3 Å². The quantitative estimate of drug-likeness (QED) is 0.394. The number of aromatic amines is 1. The number of aromatic nitrogens is 3. The van der Waals surface area contributed by atoms with Crippen LogP contribution in [0.15, 0.2) is 50.8 Å². The number of H-pyrrole nitrogens is 1. The maximum atomic E-state index is 13.5. The van der Waals surface area contributed by atoms with Gasteiger partial charge < -0.3 is 19.8 Å². The summed E-state index contributed by atoms with van der Waals surface area (Å²) in [5, 5.41) is 1.82. The van der Waals surface area contributed by atoms with Gasteiger partial charge in [-0.1, -0.05) is 44.2 Å². The highest BCUT2D eigenvalue weighted by Gasteiger charge is 2.45. The van der Waals surface area contributed by atoms with E-state index in [2.05, 4.69) is 4.98 Å². The molecule has 0 aliphatic carbocycles. The average molecular weight is 538 g/mol. The Labute approximate surface area is 212 Å². The fourth-order valence-corrected chi connectivity index (χ4v) is 3.90. The topological polar surface area (TPSA) is 141 Å². The van der Waals surface area contributed by atoms with Crippen molar-refractivity contribution in [1.29, 1.82) is 0 Å². The minimum Gasteiger partial charge on any atom is -0.344 e. The van der Waals surface area contributed by atoms with Gasteiger partial charge in [0, 0.05) is 14.2 Å². The number of amides is 1. The smallest absolute Gasteiger partial charge is 0.344 e. The van der Waals surface area contributed by atoms with Crippen molar-refractivity contribution in [3.63, 3.8) is 0 Å². The number of hydrogen-bond donors (Lipinski definition) is 2. The summed E-state index contributed by atoms with van der Waals surface area (Å²) < 4.78 is 50.6. The molecule has 14 heteroatoms. The third-order valence-electron chi connectivity index (χ3n) is 5.73. The number of Topliss-reactive ketones (excluding diaryl/α,β-unsaturated/α-hetero) is 1. The molecular formula is C24H25F3N4O7. The molecule has 0 saturated carbocycles. The Kier molecular flexibility index (Phi) is 8.37. The number of benzene rings is 1. The van der Waals surface area contributed by atoms with E-state index in [0.717, 1.165) is 4.57 Å². The normalized spacial score (nSPS) is 12.8. The van der Waals surface area contributed by atoms with Crippen molar-refractivity contribution in [2.24, 2.45) is 5.92 Å². The second kappa shape index (κ2) is 11.1. The third kappa shape index (κ3) is 5.60. The van der Waals surface area contributed by atoms with Gasteiger partial charge in [-0.15, -0.1) is 0 Å². The van der Waals surface area contributed by atoms with Gasteiger partial charge in [0.15, 0.2) is 0 Å². The molecule has 38 heavy (non-hydrogen) atoms. The zero-order valence-corrected chi connectivity index (χ0v) is 20.8. The van der Waals surface area contributed by atoms with Crippen LogP contribution in [0.3, 0.4) is 0 Å². The number of carbonyl (C=O) groups excluding carboxylic acids is 2. The zero-order valence-electron chi connectivity index (χ0n) is 20.8. The van der Waals surface area contributed by atoms with Crippen LogP contribution in [-0.4, -0.2) is 52.2 Å². The molecule has 204 valence electrons. The van der Waals surface area contributed by atoms with E-state index < -0.39 is 65.1 Å². The third-order valence-corrected chi connectivity index (χ3v) is 5.73. The summed E-state index contributed by atoms with van der Waals surface area (Å²) in [4.78, 5) is 66.2. The average Bonchev–Trinajstić information content (AvgIpc) is 2.86. The highest BCUT2D eigenvalue weighted by atomic mass is 19.4.